The summed E-state index contributed by atoms with van der Waals surface area (Å²) < 4.78 is 4.81. The van der Waals surface area contributed by atoms with E-state index in [9.17, 15) is 0 Å². The van der Waals surface area contributed by atoms with Gasteiger partial charge in [0.15, 0.2) is 0 Å². The van der Waals surface area contributed by atoms with Crippen LogP contribution in [0.25, 0.3) is 0 Å². The molecular weight excluding hydrogens is 164 g/mol. The van der Waals surface area contributed by atoms with Crippen LogP contribution in [0.4, 0.5) is 0 Å². The van der Waals surface area contributed by atoms with Crippen LogP contribution < -0.4 is 0 Å². The molecule has 2 aliphatic rings. The fourth-order valence-electron chi connectivity index (χ4n) is 2.59. The number of likely N-dealkylation sites (tertiary alicyclic amines) is 1. The van der Waals surface area contributed by atoms with E-state index >= 15 is 0 Å². The molecule has 70 valence electrons. The first-order chi connectivity index (χ1) is 6.34. The lowest BCUT2D eigenvalue weighted by atomic mass is 10.3. The van der Waals surface area contributed by atoms with E-state index in [0.29, 0.717) is 0 Å². The minimum atomic E-state index is 0.968. The van der Waals surface area contributed by atoms with Gasteiger partial charge in [-0.2, -0.15) is 0 Å². The summed E-state index contributed by atoms with van der Waals surface area (Å²) in [6.07, 6.45) is 1.65. The van der Waals surface area contributed by atoms with Gasteiger partial charge in [0.25, 0.3) is 0 Å². The Labute approximate surface area is 77.7 Å². The third-order valence-corrected chi connectivity index (χ3v) is 3.57. The normalized spacial score (nSPS) is 37.8. The molecule has 1 saturated heterocycles. The molecule has 3 nitrogen and oxygen atoms in total. The lowest BCUT2D eigenvalue weighted by Crippen LogP contribution is -2.23. The average molecular weight is 178 g/mol. The second-order valence-electron chi connectivity index (χ2n) is 4.37. The molecule has 1 aromatic rings. The van der Waals surface area contributed by atoms with Gasteiger partial charge in [0.1, 0.15) is 6.26 Å². The second-order valence-corrected chi connectivity index (χ2v) is 4.37. The third-order valence-electron chi connectivity index (χ3n) is 3.57. The monoisotopic (exact) mass is 178 g/mol. The summed E-state index contributed by atoms with van der Waals surface area (Å²) in [6, 6.07) is 1.95. The molecule has 1 aliphatic heterocycles. The molecule has 3 heteroatoms. The van der Waals surface area contributed by atoms with Crippen molar-refractivity contribution >= 4 is 0 Å². The summed E-state index contributed by atoms with van der Waals surface area (Å²) >= 11 is 0. The van der Waals surface area contributed by atoms with Crippen molar-refractivity contribution in [3.8, 4) is 0 Å². The van der Waals surface area contributed by atoms with E-state index in [1.165, 1.54) is 13.1 Å². The van der Waals surface area contributed by atoms with E-state index in [1.54, 1.807) is 6.26 Å². The molecule has 0 spiro atoms. The van der Waals surface area contributed by atoms with Crippen LogP contribution in [0.3, 0.4) is 0 Å². The first-order valence-electron chi connectivity index (χ1n) is 4.96. The van der Waals surface area contributed by atoms with Crippen LogP contribution in [0.15, 0.2) is 16.9 Å². The predicted octanol–water partition coefficient (Wildman–Crippen LogP) is 1.37. The minimum absolute atomic E-state index is 0.968. The highest BCUT2D eigenvalue weighted by Crippen LogP contribution is 2.51. The molecule has 1 aliphatic carbocycles. The lowest BCUT2D eigenvalue weighted by Gasteiger charge is -2.16. The second kappa shape index (κ2) is 2.58. The highest BCUT2D eigenvalue weighted by atomic mass is 16.5. The van der Waals surface area contributed by atoms with Gasteiger partial charge in [0.05, 0.1) is 5.69 Å². The van der Waals surface area contributed by atoms with Crippen LogP contribution in [0.1, 0.15) is 12.6 Å². The van der Waals surface area contributed by atoms with Crippen LogP contribution in [-0.4, -0.2) is 23.1 Å². The van der Waals surface area contributed by atoms with Crippen molar-refractivity contribution in [1.82, 2.24) is 10.1 Å². The largest absolute Gasteiger partial charge is 0.364 e. The van der Waals surface area contributed by atoms with Gasteiger partial charge in [0, 0.05) is 25.7 Å². The van der Waals surface area contributed by atoms with Gasteiger partial charge in [-0.25, -0.2) is 0 Å². The molecule has 13 heavy (non-hydrogen) atoms. The van der Waals surface area contributed by atoms with E-state index in [0.717, 1.165) is 30.0 Å². The maximum Gasteiger partial charge on any atom is 0.124 e. The van der Waals surface area contributed by atoms with Crippen molar-refractivity contribution in [2.24, 2.45) is 17.8 Å². The topological polar surface area (TPSA) is 29.3 Å². The van der Waals surface area contributed by atoms with Crippen molar-refractivity contribution in [3.05, 3.63) is 18.0 Å². The maximum absolute atomic E-state index is 4.81. The fourth-order valence-corrected chi connectivity index (χ4v) is 2.59. The van der Waals surface area contributed by atoms with Crippen LogP contribution in [0.5, 0.6) is 0 Å². The van der Waals surface area contributed by atoms with Gasteiger partial charge in [-0.3, -0.25) is 4.90 Å². The Balaban J connectivity index is 1.59. The predicted molar refractivity (Wildman–Crippen MR) is 47.9 cm³/mol. The number of nitrogens with zero attached hydrogens (tertiary/aromatic N) is 2. The summed E-state index contributed by atoms with van der Waals surface area (Å²) in [7, 11) is 0. The van der Waals surface area contributed by atoms with Crippen molar-refractivity contribution in [1.29, 1.82) is 0 Å². The fraction of sp³-hybridized carbons (Fsp3) is 0.700. The summed E-state index contributed by atoms with van der Waals surface area (Å²) in [4.78, 5) is 2.48. The lowest BCUT2D eigenvalue weighted by molar-refractivity contribution is 0.271. The molecule has 0 N–H and O–H groups in total. The van der Waals surface area contributed by atoms with Crippen molar-refractivity contribution in [2.75, 3.05) is 13.1 Å². The zero-order valence-electron chi connectivity index (χ0n) is 7.81. The SMILES string of the molecule is CC1C2CN(Cc3ccon3)CC12. The molecule has 2 heterocycles. The summed E-state index contributed by atoms with van der Waals surface area (Å²) in [5.74, 6) is 2.94. The smallest absolute Gasteiger partial charge is 0.124 e. The van der Waals surface area contributed by atoms with E-state index in [2.05, 4.69) is 17.0 Å². The summed E-state index contributed by atoms with van der Waals surface area (Å²) in [6.45, 7) is 5.86. The van der Waals surface area contributed by atoms with Crippen LogP contribution in [-0.2, 0) is 6.54 Å². The number of hydrogen-bond donors (Lipinski definition) is 0. The molecule has 0 bridgehead atoms. The number of aromatic nitrogens is 1. The van der Waals surface area contributed by atoms with Gasteiger partial charge in [-0.1, -0.05) is 12.1 Å². The molecule has 2 fully saturated rings. The Morgan fingerprint density at radius 1 is 1.54 bits per heavy atom. The van der Waals surface area contributed by atoms with Crippen molar-refractivity contribution in [2.45, 2.75) is 13.5 Å². The van der Waals surface area contributed by atoms with Crippen molar-refractivity contribution < 1.29 is 4.52 Å². The van der Waals surface area contributed by atoms with Gasteiger partial charge in [-0.05, 0) is 17.8 Å². The molecule has 0 aromatic carbocycles. The maximum atomic E-state index is 4.81. The number of hydrogen-bond acceptors (Lipinski definition) is 3. The van der Waals surface area contributed by atoms with Gasteiger partial charge in [0.2, 0.25) is 0 Å². The molecule has 1 saturated carbocycles. The first-order valence-corrected chi connectivity index (χ1v) is 4.96. The number of piperidine rings is 1. The van der Waals surface area contributed by atoms with Crippen LogP contribution in [0, 0.1) is 17.8 Å². The van der Waals surface area contributed by atoms with Crippen LogP contribution >= 0.6 is 0 Å². The highest BCUT2D eigenvalue weighted by molar-refractivity contribution is 5.05. The quantitative estimate of drug-likeness (QED) is 0.685. The van der Waals surface area contributed by atoms with E-state index < -0.39 is 0 Å². The Hall–Kier alpha value is -0.830. The van der Waals surface area contributed by atoms with Crippen LogP contribution in [0.2, 0.25) is 0 Å². The Bertz CT molecular complexity index is 284. The Kier molecular flexibility index (Phi) is 1.50. The molecule has 1 aromatic heterocycles. The zero-order valence-corrected chi connectivity index (χ0v) is 7.81. The highest BCUT2D eigenvalue weighted by Gasteiger charge is 2.52. The summed E-state index contributed by atoms with van der Waals surface area (Å²) in [5.41, 5.74) is 1.06. The molecule has 2 unspecified atom stereocenters. The van der Waals surface area contributed by atoms with Gasteiger partial charge < -0.3 is 4.52 Å². The number of rotatable bonds is 2. The number of fused-ring (bicyclic) bond motifs is 1. The molecule has 3 rings (SSSR count). The van der Waals surface area contributed by atoms with Gasteiger partial charge >= 0.3 is 0 Å². The van der Waals surface area contributed by atoms with Gasteiger partial charge in [-0.15, -0.1) is 0 Å². The summed E-state index contributed by atoms with van der Waals surface area (Å²) in [5, 5.41) is 3.92. The molecule has 0 radical (unpaired) electrons. The standard InChI is InChI=1S/C10H14N2O/c1-7-9-5-12(6-10(7)9)4-8-2-3-13-11-8/h2-3,7,9-10H,4-6H2,1H3. The Morgan fingerprint density at radius 3 is 2.92 bits per heavy atom. The third kappa shape index (κ3) is 1.18. The first kappa shape index (κ1) is 7.56. The molecule has 2 atom stereocenters. The Morgan fingerprint density at radius 2 is 2.31 bits per heavy atom. The zero-order chi connectivity index (χ0) is 8.84. The minimum Gasteiger partial charge on any atom is -0.364 e. The van der Waals surface area contributed by atoms with Crippen molar-refractivity contribution in [3.63, 3.8) is 0 Å². The molecule has 0 amide bonds. The average Bonchev–Trinajstić information content (AvgIpc) is 2.66. The van der Waals surface area contributed by atoms with E-state index in [1.807, 2.05) is 6.07 Å². The molecular formula is C10H14N2O. The van der Waals surface area contributed by atoms with E-state index in [-0.39, 0.29) is 0 Å². The van der Waals surface area contributed by atoms with E-state index in [4.69, 9.17) is 4.52 Å².